The third-order valence-electron chi connectivity index (χ3n) is 4.23. The van der Waals surface area contributed by atoms with E-state index in [-0.39, 0.29) is 4.90 Å². The molecule has 2 aromatic carbocycles. The maximum Gasteiger partial charge on any atom is 0.243 e. The van der Waals surface area contributed by atoms with Crippen LogP contribution < -0.4 is 19.5 Å². The van der Waals surface area contributed by atoms with Crippen molar-refractivity contribution < 1.29 is 27.4 Å². The normalized spacial score (nSPS) is 13.7. The van der Waals surface area contributed by atoms with Crippen molar-refractivity contribution in [2.45, 2.75) is 11.3 Å². The van der Waals surface area contributed by atoms with Crippen molar-refractivity contribution in [3.63, 3.8) is 0 Å². The number of amides is 1. The molecule has 0 atom stereocenters. The van der Waals surface area contributed by atoms with Crippen molar-refractivity contribution in [2.24, 2.45) is 0 Å². The first-order valence-electron chi connectivity index (χ1n) is 8.80. The number of anilines is 1. The lowest BCUT2D eigenvalue weighted by molar-refractivity contribution is -0.116. The quantitative estimate of drug-likeness (QED) is 0.742. The maximum atomic E-state index is 12.9. The highest BCUT2D eigenvalue weighted by molar-refractivity contribution is 7.89. The number of rotatable bonds is 6. The average molecular weight is 441 g/mol. The van der Waals surface area contributed by atoms with Crippen LogP contribution in [0, 0.1) is 0 Å². The van der Waals surface area contributed by atoms with Crippen molar-refractivity contribution in [2.75, 3.05) is 39.2 Å². The van der Waals surface area contributed by atoms with E-state index in [2.05, 4.69) is 5.32 Å². The summed E-state index contributed by atoms with van der Waals surface area (Å²) in [6.07, 6.45) is 0.712. The Bertz CT molecular complexity index is 1010. The number of fused-ring (bicyclic) bond motifs is 1. The van der Waals surface area contributed by atoms with Crippen LogP contribution in [0.2, 0.25) is 5.02 Å². The van der Waals surface area contributed by atoms with Crippen molar-refractivity contribution in [1.29, 1.82) is 0 Å². The Morgan fingerprint density at radius 1 is 1.17 bits per heavy atom. The molecule has 0 spiro atoms. The smallest absolute Gasteiger partial charge is 0.243 e. The van der Waals surface area contributed by atoms with Crippen molar-refractivity contribution >= 4 is 33.2 Å². The summed E-state index contributed by atoms with van der Waals surface area (Å²) in [5.41, 5.74) is 0.353. The molecule has 0 aliphatic carbocycles. The molecule has 0 bridgehead atoms. The number of hydrogen-bond acceptors (Lipinski definition) is 6. The van der Waals surface area contributed by atoms with Gasteiger partial charge in [-0.3, -0.25) is 4.79 Å². The van der Waals surface area contributed by atoms with Gasteiger partial charge in [-0.05, 0) is 30.3 Å². The molecule has 0 aromatic heterocycles. The predicted octanol–water partition coefficient (Wildman–Crippen LogP) is 2.77. The number of nitrogens with zero attached hydrogens (tertiary/aromatic N) is 1. The molecule has 156 valence electrons. The fourth-order valence-corrected chi connectivity index (χ4v) is 4.05. The fourth-order valence-electron chi connectivity index (χ4n) is 2.74. The molecular formula is C19H21ClN2O6S. The second kappa shape index (κ2) is 8.89. The van der Waals surface area contributed by atoms with Gasteiger partial charge in [-0.1, -0.05) is 11.6 Å². The van der Waals surface area contributed by atoms with E-state index in [0.717, 1.165) is 4.31 Å². The number of ether oxygens (including phenoxy) is 3. The van der Waals surface area contributed by atoms with E-state index in [4.69, 9.17) is 25.8 Å². The van der Waals surface area contributed by atoms with Crippen LogP contribution in [0.25, 0.3) is 0 Å². The largest absolute Gasteiger partial charge is 0.495 e. The number of carbonyl (C=O) groups is 1. The summed E-state index contributed by atoms with van der Waals surface area (Å²) in [6.45, 7) is 0.550. The molecule has 0 saturated carbocycles. The molecule has 1 N–H and O–H groups in total. The van der Waals surface area contributed by atoms with Gasteiger partial charge >= 0.3 is 0 Å². The number of halogens is 1. The van der Waals surface area contributed by atoms with Gasteiger partial charge < -0.3 is 19.5 Å². The first-order chi connectivity index (χ1) is 13.8. The van der Waals surface area contributed by atoms with E-state index in [1.807, 2.05) is 0 Å². The van der Waals surface area contributed by atoms with E-state index in [9.17, 15) is 13.2 Å². The molecule has 0 saturated heterocycles. The lowest BCUT2D eigenvalue weighted by Gasteiger charge is -2.18. The Morgan fingerprint density at radius 3 is 2.62 bits per heavy atom. The summed E-state index contributed by atoms with van der Waals surface area (Å²) in [5, 5.41) is 3.03. The van der Waals surface area contributed by atoms with Crippen LogP contribution in [0.5, 0.6) is 17.2 Å². The van der Waals surface area contributed by atoms with Gasteiger partial charge in [0.25, 0.3) is 0 Å². The summed E-state index contributed by atoms with van der Waals surface area (Å²) in [7, 11) is -1.13. The zero-order valence-electron chi connectivity index (χ0n) is 16.0. The van der Waals surface area contributed by atoms with Crippen molar-refractivity contribution in [1.82, 2.24) is 4.31 Å². The standard InChI is InChI=1S/C19H21ClN2O6S/c1-22(12-19(23)21-15-10-13(20)4-6-16(15)26-2)29(24,25)14-5-7-17-18(11-14)28-9-3-8-27-17/h4-7,10-11H,3,8-9,12H2,1-2H3,(H,21,23). The molecular weight excluding hydrogens is 420 g/mol. The van der Waals surface area contributed by atoms with Gasteiger partial charge in [0.15, 0.2) is 11.5 Å². The minimum atomic E-state index is -3.92. The van der Waals surface area contributed by atoms with E-state index in [1.165, 1.54) is 32.4 Å². The summed E-state index contributed by atoms with van der Waals surface area (Å²) < 4.78 is 42.9. The zero-order valence-corrected chi connectivity index (χ0v) is 17.5. The second-order valence-corrected chi connectivity index (χ2v) is 8.79. The minimum absolute atomic E-state index is 0.0115. The predicted molar refractivity (Wildman–Crippen MR) is 108 cm³/mol. The lowest BCUT2D eigenvalue weighted by Crippen LogP contribution is -2.35. The highest BCUT2D eigenvalue weighted by Gasteiger charge is 2.25. The third kappa shape index (κ3) is 4.92. The van der Waals surface area contributed by atoms with E-state index < -0.39 is 22.5 Å². The fraction of sp³-hybridized carbons (Fsp3) is 0.316. The first-order valence-corrected chi connectivity index (χ1v) is 10.6. The molecule has 2 aromatic rings. The lowest BCUT2D eigenvalue weighted by atomic mass is 10.3. The summed E-state index contributed by atoms with van der Waals surface area (Å²) in [6, 6.07) is 9.14. The highest BCUT2D eigenvalue weighted by atomic mass is 35.5. The molecule has 0 radical (unpaired) electrons. The molecule has 8 nitrogen and oxygen atoms in total. The number of nitrogens with one attached hydrogen (secondary N) is 1. The van der Waals surface area contributed by atoms with Gasteiger partial charge in [-0.15, -0.1) is 0 Å². The molecule has 29 heavy (non-hydrogen) atoms. The maximum absolute atomic E-state index is 12.9. The second-order valence-electron chi connectivity index (χ2n) is 6.31. The number of carbonyl (C=O) groups excluding carboxylic acids is 1. The van der Waals surface area contributed by atoms with Gasteiger partial charge in [-0.2, -0.15) is 4.31 Å². The average Bonchev–Trinajstić information content (AvgIpc) is 2.92. The van der Waals surface area contributed by atoms with Crippen LogP contribution in [0.4, 0.5) is 5.69 Å². The molecule has 1 amide bonds. The minimum Gasteiger partial charge on any atom is -0.495 e. The van der Waals surface area contributed by atoms with Gasteiger partial charge in [0.1, 0.15) is 5.75 Å². The third-order valence-corrected chi connectivity index (χ3v) is 6.26. The Balaban J connectivity index is 1.74. The molecule has 0 fully saturated rings. The SMILES string of the molecule is COc1ccc(Cl)cc1NC(=O)CN(C)S(=O)(=O)c1ccc2c(c1)OCCCO2. The van der Waals surface area contributed by atoms with Crippen molar-refractivity contribution in [3.05, 3.63) is 41.4 Å². The summed E-state index contributed by atoms with van der Waals surface area (Å²) >= 11 is 5.95. The summed E-state index contributed by atoms with van der Waals surface area (Å²) in [4.78, 5) is 12.4. The van der Waals surface area contributed by atoms with Crippen LogP contribution in [0.1, 0.15) is 6.42 Å². The Hall–Kier alpha value is -2.49. The molecule has 1 aliphatic rings. The number of methoxy groups -OCH3 is 1. The number of benzene rings is 2. The molecule has 3 rings (SSSR count). The molecule has 1 aliphatic heterocycles. The molecule has 1 heterocycles. The van der Waals surface area contributed by atoms with E-state index in [0.29, 0.717) is 47.6 Å². The summed E-state index contributed by atoms with van der Waals surface area (Å²) in [5.74, 6) is 0.738. The van der Waals surface area contributed by atoms with Crippen LogP contribution in [0.3, 0.4) is 0 Å². The van der Waals surface area contributed by atoms with Crippen molar-refractivity contribution in [3.8, 4) is 17.2 Å². The molecule has 0 unspecified atom stereocenters. The Labute approximate surface area is 174 Å². The first kappa shape index (κ1) is 21.2. The number of likely N-dealkylation sites (N-methyl/N-ethyl adjacent to an activating group) is 1. The highest BCUT2D eigenvalue weighted by Crippen LogP contribution is 2.33. The number of sulfonamides is 1. The van der Waals surface area contributed by atoms with Gasteiger partial charge in [-0.25, -0.2) is 8.42 Å². The van der Waals surface area contributed by atoms with E-state index in [1.54, 1.807) is 18.2 Å². The van der Waals surface area contributed by atoms with Gasteiger partial charge in [0.05, 0.1) is 37.5 Å². The topological polar surface area (TPSA) is 94.2 Å². The monoisotopic (exact) mass is 440 g/mol. The number of hydrogen-bond donors (Lipinski definition) is 1. The van der Waals surface area contributed by atoms with E-state index >= 15 is 0 Å². The Morgan fingerprint density at radius 2 is 1.90 bits per heavy atom. The van der Waals surface area contributed by atoms with Crippen LogP contribution in [0.15, 0.2) is 41.3 Å². The Kier molecular flexibility index (Phi) is 6.51. The van der Waals surface area contributed by atoms with Gasteiger partial charge in [0, 0.05) is 24.6 Å². The van der Waals surface area contributed by atoms with Crippen LogP contribution >= 0.6 is 11.6 Å². The van der Waals surface area contributed by atoms with Gasteiger partial charge in [0.2, 0.25) is 15.9 Å². The molecule has 10 heteroatoms. The van der Waals surface area contributed by atoms with Crippen LogP contribution in [-0.4, -0.2) is 52.5 Å². The van der Waals surface area contributed by atoms with Crippen LogP contribution in [-0.2, 0) is 14.8 Å². The zero-order chi connectivity index (χ0) is 21.0.